The Bertz CT molecular complexity index is 617. The molecule has 0 fully saturated rings. The number of non-ortho nitro benzene ring substituents is 1. The molecule has 1 heterocycles. The molecule has 0 aliphatic heterocycles. The third-order valence-corrected chi connectivity index (χ3v) is 2.22. The summed E-state index contributed by atoms with van der Waals surface area (Å²) in [6.45, 7) is 0. The minimum absolute atomic E-state index is 0.0434. The standard InChI is InChI=1S/C11H10N4O4/c1-18-8-3-2-7(15(16)17)6-9(8)19-10-4-5-13-11(12)14-10/h2-6H,1H3,(H2,12,13,14). The Labute approximate surface area is 108 Å². The first kappa shape index (κ1) is 12.6. The van der Waals surface area contributed by atoms with Crippen LogP contribution in [0.5, 0.6) is 17.4 Å². The number of hydrogen-bond donors (Lipinski definition) is 1. The van der Waals surface area contributed by atoms with Gasteiger partial charge in [0.2, 0.25) is 11.8 Å². The predicted molar refractivity (Wildman–Crippen MR) is 66.2 cm³/mol. The highest BCUT2D eigenvalue weighted by Gasteiger charge is 2.13. The van der Waals surface area contributed by atoms with E-state index in [0.29, 0.717) is 5.75 Å². The largest absolute Gasteiger partial charge is 0.493 e. The van der Waals surface area contributed by atoms with Gasteiger partial charge in [-0.2, -0.15) is 4.98 Å². The number of anilines is 1. The smallest absolute Gasteiger partial charge is 0.273 e. The van der Waals surface area contributed by atoms with Gasteiger partial charge in [0, 0.05) is 18.3 Å². The predicted octanol–water partition coefficient (Wildman–Crippen LogP) is 1.77. The minimum atomic E-state index is -0.527. The van der Waals surface area contributed by atoms with Gasteiger partial charge in [-0.3, -0.25) is 10.1 Å². The number of methoxy groups -OCH3 is 1. The molecule has 0 radical (unpaired) electrons. The fraction of sp³-hybridized carbons (Fsp3) is 0.0909. The summed E-state index contributed by atoms with van der Waals surface area (Å²) in [5.74, 6) is 0.741. The third-order valence-electron chi connectivity index (χ3n) is 2.22. The molecule has 0 spiro atoms. The molecule has 98 valence electrons. The number of benzene rings is 1. The van der Waals surface area contributed by atoms with Gasteiger partial charge in [-0.15, -0.1) is 0 Å². The molecule has 19 heavy (non-hydrogen) atoms. The second-order valence-corrected chi connectivity index (χ2v) is 3.45. The zero-order chi connectivity index (χ0) is 13.8. The zero-order valence-electron chi connectivity index (χ0n) is 9.94. The second kappa shape index (κ2) is 5.17. The monoisotopic (exact) mass is 262 g/mol. The maximum atomic E-state index is 10.7. The summed E-state index contributed by atoms with van der Waals surface area (Å²) in [6.07, 6.45) is 1.42. The van der Waals surface area contributed by atoms with Gasteiger partial charge in [-0.1, -0.05) is 0 Å². The molecule has 0 unspecified atom stereocenters. The Kier molecular flexibility index (Phi) is 3.42. The molecule has 0 bridgehead atoms. The van der Waals surface area contributed by atoms with Crippen LogP contribution in [0, 0.1) is 10.1 Å². The number of nitrogens with two attached hydrogens (primary N) is 1. The number of nitro groups is 1. The van der Waals surface area contributed by atoms with Gasteiger partial charge in [0.15, 0.2) is 11.5 Å². The number of hydrogen-bond acceptors (Lipinski definition) is 7. The van der Waals surface area contributed by atoms with E-state index in [-0.39, 0.29) is 23.3 Å². The molecule has 8 nitrogen and oxygen atoms in total. The summed E-state index contributed by atoms with van der Waals surface area (Å²) in [7, 11) is 1.43. The van der Waals surface area contributed by atoms with Crippen molar-refractivity contribution in [3.63, 3.8) is 0 Å². The van der Waals surface area contributed by atoms with Crippen LogP contribution < -0.4 is 15.2 Å². The summed E-state index contributed by atoms with van der Waals surface area (Å²) in [5, 5.41) is 10.7. The lowest BCUT2D eigenvalue weighted by atomic mass is 10.3. The van der Waals surface area contributed by atoms with Crippen molar-refractivity contribution in [2.24, 2.45) is 0 Å². The molecule has 0 saturated carbocycles. The number of aromatic nitrogens is 2. The van der Waals surface area contributed by atoms with Crippen molar-refractivity contribution >= 4 is 11.6 Å². The molecule has 8 heteroatoms. The summed E-state index contributed by atoms with van der Waals surface area (Å²) >= 11 is 0. The summed E-state index contributed by atoms with van der Waals surface area (Å²) in [5.41, 5.74) is 5.31. The molecule has 0 amide bonds. The maximum absolute atomic E-state index is 10.7. The summed E-state index contributed by atoms with van der Waals surface area (Å²) in [4.78, 5) is 17.8. The van der Waals surface area contributed by atoms with E-state index < -0.39 is 4.92 Å². The molecule has 0 aliphatic rings. The molecule has 0 saturated heterocycles. The Morgan fingerprint density at radius 3 is 2.74 bits per heavy atom. The van der Waals surface area contributed by atoms with E-state index in [0.717, 1.165) is 0 Å². The van der Waals surface area contributed by atoms with Gasteiger partial charge < -0.3 is 15.2 Å². The summed E-state index contributed by atoms with van der Waals surface area (Å²) in [6, 6.07) is 5.49. The molecule has 1 aromatic heterocycles. The van der Waals surface area contributed by atoms with E-state index in [2.05, 4.69) is 9.97 Å². The van der Waals surface area contributed by atoms with Gasteiger partial charge in [-0.05, 0) is 6.07 Å². The van der Waals surface area contributed by atoms with Crippen LogP contribution in [0.1, 0.15) is 0 Å². The first-order valence-corrected chi connectivity index (χ1v) is 5.19. The topological polar surface area (TPSA) is 113 Å². The molecule has 1 aromatic carbocycles. The van der Waals surface area contributed by atoms with Crippen LogP contribution in [0.15, 0.2) is 30.5 Å². The van der Waals surface area contributed by atoms with Gasteiger partial charge in [0.25, 0.3) is 5.69 Å². The van der Waals surface area contributed by atoms with Crippen molar-refractivity contribution in [2.75, 3.05) is 12.8 Å². The summed E-state index contributed by atoms with van der Waals surface area (Å²) < 4.78 is 10.5. The number of nitrogens with zero attached hydrogens (tertiary/aromatic N) is 3. The van der Waals surface area contributed by atoms with Crippen LogP contribution in [0.3, 0.4) is 0 Å². The lowest BCUT2D eigenvalue weighted by molar-refractivity contribution is -0.384. The van der Waals surface area contributed by atoms with Crippen LogP contribution in [0.25, 0.3) is 0 Å². The van der Waals surface area contributed by atoms with Crippen molar-refractivity contribution in [2.45, 2.75) is 0 Å². The second-order valence-electron chi connectivity index (χ2n) is 3.45. The third kappa shape index (κ3) is 2.86. The number of rotatable bonds is 4. The zero-order valence-corrected chi connectivity index (χ0v) is 9.94. The van der Waals surface area contributed by atoms with Crippen LogP contribution >= 0.6 is 0 Å². The van der Waals surface area contributed by atoms with Gasteiger partial charge in [0.1, 0.15) is 0 Å². The normalized spacial score (nSPS) is 9.95. The van der Waals surface area contributed by atoms with Crippen LogP contribution in [-0.2, 0) is 0 Å². The number of nitrogen functional groups attached to an aromatic ring is 1. The van der Waals surface area contributed by atoms with Crippen LogP contribution in [0.2, 0.25) is 0 Å². The van der Waals surface area contributed by atoms with E-state index in [1.807, 2.05) is 0 Å². The fourth-order valence-electron chi connectivity index (χ4n) is 1.38. The van der Waals surface area contributed by atoms with E-state index in [4.69, 9.17) is 15.2 Å². The Hall–Kier alpha value is -2.90. The molecular formula is C11H10N4O4. The lowest BCUT2D eigenvalue weighted by Gasteiger charge is -2.09. The maximum Gasteiger partial charge on any atom is 0.273 e. The van der Waals surface area contributed by atoms with E-state index >= 15 is 0 Å². The quantitative estimate of drug-likeness (QED) is 0.659. The van der Waals surface area contributed by atoms with E-state index in [1.54, 1.807) is 0 Å². The van der Waals surface area contributed by atoms with E-state index in [1.165, 1.54) is 37.6 Å². The average Bonchev–Trinajstić information content (AvgIpc) is 2.38. The highest BCUT2D eigenvalue weighted by Crippen LogP contribution is 2.33. The highest BCUT2D eigenvalue weighted by atomic mass is 16.6. The fourth-order valence-corrected chi connectivity index (χ4v) is 1.38. The molecule has 0 aliphatic carbocycles. The molecule has 2 aromatic rings. The van der Waals surface area contributed by atoms with Crippen molar-refractivity contribution in [1.82, 2.24) is 9.97 Å². The Balaban J connectivity index is 2.37. The van der Waals surface area contributed by atoms with Gasteiger partial charge >= 0.3 is 0 Å². The van der Waals surface area contributed by atoms with Crippen molar-refractivity contribution in [3.8, 4) is 17.4 Å². The molecule has 2 N–H and O–H groups in total. The van der Waals surface area contributed by atoms with Crippen molar-refractivity contribution < 1.29 is 14.4 Å². The Morgan fingerprint density at radius 2 is 2.11 bits per heavy atom. The average molecular weight is 262 g/mol. The lowest BCUT2D eigenvalue weighted by Crippen LogP contribution is -1.98. The number of ether oxygens (including phenoxy) is 2. The van der Waals surface area contributed by atoms with Gasteiger partial charge in [0.05, 0.1) is 18.1 Å². The minimum Gasteiger partial charge on any atom is -0.493 e. The molecule has 0 atom stereocenters. The van der Waals surface area contributed by atoms with Gasteiger partial charge in [-0.25, -0.2) is 4.98 Å². The van der Waals surface area contributed by atoms with Crippen molar-refractivity contribution in [3.05, 3.63) is 40.6 Å². The highest BCUT2D eigenvalue weighted by molar-refractivity contribution is 5.49. The van der Waals surface area contributed by atoms with E-state index in [9.17, 15) is 10.1 Å². The molecule has 2 rings (SSSR count). The first-order chi connectivity index (χ1) is 9.10. The number of nitro benzene ring substituents is 1. The first-order valence-electron chi connectivity index (χ1n) is 5.19. The Morgan fingerprint density at radius 1 is 1.32 bits per heavy atom. The van der Waals surface area contributed by atoms with Crippen molar-refractivity contribution in [1.29, 1.82) is 0 Å². The molecular weight excluding hydrogens is 252 g/mol. The van der Waals surface area contributed by atoms with Crippen LogP contribution in [0.4, 0.5) is 11.6 Å². The van der Waals surface area contributed by atoms with Crippen LogP contribution in [-0.4, -0.2) is 22.0 Å². The SMILES string of the molecule is COc1ccc([N+](=O)[O-])cc1Oc1ccnc(N)n1.